The van der Waals surface area contributed by atoms with Crippen molar-refractivity contribution in [3.8, 4) is 5.75 Å². The molecule has 7 rings (SSSR count). The molecule has 0 radical (unpaired) electrons. The third-order valence-electron chi connectivity index (χ3n) is 8.74. The molecule has 0 N–H and O–H groups in total. The van der Waals surface area contributed by atoms with Crippen LogP contribution in [0.1, 0.15) is 92.4 Å². The summed E-state index contributed by atoms with van der Waals surface area (Å²) in [7, 11) is 0. The number of carbonyl (C=O) groups excluding carboxylic acids is 3. The van der Waals surface area contributed by atoms with Gasteiger partial charge in [0.15, 0.2) is 0 Å². The average Bonchev–Trinajstić information content (AvgIpc) is 3.23. The standard InChI is InChI=1S/C34H35NO4/c1-2-3-4-5-6-7-8-20-28(36)39-23-15-13-14-22(21-23)35-33(37)31-29-24-16-9-10-17-25(24)30(32(31)34(35)38)27-19-12-11-18-26(27)29/h9-19,21,29-32H,2-8,20H2,1H3/t29?,30?,31-,32-/m0/s1. The first-order chi connectivity index (χ1) is 19.1. The van der Waals surface area contributed by atoms with Gasteiger partial charge in [0.1, 0.15) is 5.75 Å². The lowest BCUT2D eigenvalue weighted by Crippen LogP contribution is -2.41. The minimum Gasteiger partial charge on any atom is -0.426 e. The SMILES string of the molecule is CCCCCCCCCC(=O)Oc1cccc(N2C(=O)[C@H]3C4c5ccccc5C(c5ccccc54)[C@@H]3C2=O)c1. The zero-order chi connectivity index (χ0) is 26.9. The maximum absolute atomic E-state index is 14.0. The summed E-state index contributed by atoms with van der Waals surface area (Å²) in [5.41, 5.74) is 5.07. The van der Waals surface area contributed by atoms with Gasteiger partial charge in [-0.05, 0) is 40.8 Å². The van der Waals surface area contributed by atoms with Gasteiger partial charge in [-0.1, -0.05) is 100 Å². The molecule has 0 aromatic heterocycles. The molecular formula is C34H35NO4. The predicted octanol–water partition coefficient (Wildman–Crippen LogP) is 7.13. The number of hydrogen-bond donors (Lipinski definition) is 0. The number of ether oxygens (including phenoxy) is 1. The smallest absolute Gasteiger partial charge is 0.311 e. The molecule has 1 fully saturated rings. The van der Waals surface area contributed by atoms with Crippen LogP contribution in [0, 0.1) is 11.8 Å². The van der Waals surface area contributed by atoms with Crippen LogP contribution in [0.25, 0.3) is 0 Å². The highest BCUT2D eigenvalue weighted by atomic mass is 16.5. The molecule has 0 saturated carbocycles. The van der Waals surface area contributed by atoms with Crippen LogP contribution in [-0.4, -0.2) is 17.8 Å². The van der Waals surface area contributed by atoms with E-state index in [1.807, 2.05) is 24.3 Å². The van der Waals surface area contributed by atoms with Gasteiger partial charge in [-0.25, -0.2) is 4.90 Å². The maximum atomic E-state index is 14.0. The first-order valence-corrected chi connectivity index (χ1v) is 14.5. The molecule has 5 heteroatoms. The molecule has 0 spiro atoms. The number of unbranched alkanes of at least 4 members (excludes halogenated alkanes) is 6. The van der Waals surface area contributed by atoms with Crippen molar-refractivity contribution < 1.29 is 19.1 Å². The van der Waals surface area contributed by atoms with Gasteiger partial charge in [-0.15, -0.1) is 0 Å². The molecule has 1 heterocycles. The third-order valence-corrected chi connectivity index (χ3v) is 8.74. The summed E-state index contributed by atoms with van der Waals surface area (Å²) in [6.07, 6.45) is 8.29. The highest BCUT2D eigenvalue weighted by Crippen LogP contribution is 2.61. The second kappa shape index (κ2) is 10.8. The monoisotopic (exact) mass is 521 g/mol. The number of anilines is 1. The Hall–Kier alpha value is -3.73. The predicted molar refractivity (Wildman–Crippen MR) is 151 cm³/mol. The highest BCUT2D eigenvalue weighted by Gasteiger charge is 2.61. The Balaban J connectivity index is 1.19. The Morgan fingerprint density at radius 1 is 0.692 bits per heavy atom. The van der Waals surface area contributed by atoms with Crippen LogP contribution in [0.5, 0.6) is 5.75 Å². The third kappa shape index (κ3) is 4.48. The van der Waals surface area contributed by atoms with E-state index in [-0.39, 0.29) is 29.6 Å². The number of carbonyl (C=O) groups is 3. The van der Waals surface area contributed by atoms with Gasteiger partial charge in [0.2, 0.25) is 11.8 Å². The fourth-order valence-electron chi connectivity index (χ4n) is 7.03. The minimum atomic E-state index is -0.434. The number of benzene rings is 3. The summed E-state index contributed by atoms with van der Waals surface area (Å²) in [6, 6.07) is 23.3. The Labute approximate surface area is 230 Å². The van der Waals surface area contributed by atoms with Crippen LogP contribution in [0.15, 0.2) is 72.8 Å². The van der Waals surface area contributed by atoms with Crippen molar-refractivity contribution in [1.29, 1.82) is 0 Å². The van der Waals surface area contributed by atoms with E-state index in [9.17, 15) is 14.4 Å². The van der Waals surface area contributed by atoms with Crippen LogP contribution in [-0.2, 0) is 14.4 Å². The van der Waals surface area contributed by atoms with E-state index in [0.717, 1.165) is 41.5 Å². The largest absolute Gasteiger partial charge is 0.426 e. The summed E-state index contributed by atoms with van der Waals surface area (Å²) in [5, 5.41) is 0. The zero-order valence-corrected chi connectivity index (χ0v) is 22.5. The summed E-state index contributed by atoms with van der Waals surface area (Å²) in [5.74, 6) is -1.41. The van der Waals surface area contributed by atoms with Gasteiger partial charge < -0.3 is 4.74 Å². The van der Waals surface area contributed by atoms with Crippen LogP contribution in [0.4, 0.5) is 5.69 Å². The zero-order valence-electron chi connectivity index (χ0n) is 22.5. The molecule has 1 aliphatic heterocycles. The molecule has 2 bridgehead atoms. The van der Waals surface area contributed by atoms with E-state index in [0.29, 0.717) is 17.9 Å². The molecule has 1 saturated heterocycles. The van der Waals surface area contributed by atoms with Gasteiger partial charge in [-0.2, -0.15) is 0 Å². The molecule has 3 aromatic carbocycles. The molecule has 5 nitrogen and oxygen atoms in total. The fourth-order valence-corrected chi connectivity index (χ4v) is 7.03. The Morgan fingerprint density at radius 3 is 1.74 bits per heavy atom. The van der Waals surface area contributed by atoms with E-state index in [2.05, 4.69) is 31.2 Å². The first kappa shape index (κ1) is 25.5. The van der Waals surface area contributed by atoms with E-state index in [4.69, 9.17) is 4.74 Å². The molecule has 39 heavy (non-hydrogen) atoms. The van der Waals surface area contributed by atoms with E-state index in [1.165, 1.54) is 30.6 Å². The molecule has 200 valence electrons. The van der Waals surface area contributed by atoms with Crippen molar-refractivity contribution in [2.75, 3.05) is 4.90 Å². The number of esters is 1. The summed E-state index contributed by atoms with van der Waals surface area (Å²) in [4.78, 5) is 41.7. The van der Waals surface area contributed by atoms with Crippen molar-refractivity contribution in [1.82, 2.24) is 0 Å². The van der Waals surface area contributed by atoms with E-state index < -0.39 is 11.8 Å². The van der Waals surface area contributed by atoms with Crippen LogP contribution < -0.4 is 9.64 Å². The quantitative estimate of drug-likeness (QED) is 0.123. The topological polar surface area (TPSA) is 63.7 Å². The number of nitrogens with zero attached hydrogens (tertiary/aromatic N) is 1. The normalized spacial score (nSPS) is 22.4. The van der Waals surface area contributed by atoms with Crippen molar-refractivity contribution in [3.05, 3.63) is 95.1 Å². The second-order valence-corrected chi connectivity index (χ2v) is 11.1. The molecule has 2 atom stereocenters. The molecule has 2 amide bonds. The second-order valence-electron chi connectivity index (χ2n) is 11.1. The lowest BCUT2D eigenvalue weighted by atomic mass is 9.55. The Kier molecular flexibility index (Phi) is 7.07. The van der Waals surface area contributed by atoms with Crippen molar-refractivity contribution in [2.24, 2.45) is 11.8 Å². The number of rotatable bonds is 10. The Bertz CT molecular complexity index is 1300. The van der Waals surface area contributed by atoms with Crippen LogP contribution >= 0.6 is 0 Å². The van der Waals surface area contributed by atoms with Crippen molar-refractivity contribution in [2.45, 2.75) is 70.1 Å². The molecule has 3 aromatic rings. The fraction of sp³-hybridized carbons (Fsp3) is 0.382. The van der Waals surface area contributed by atoms with Gasteiger partial charge in [0.25, 0.3) is 0 Å². The summed E-state index contributed by atoms with van der Waals surface area (Å²) < 4.78 is 5.62. The molecule has 0 unspecified atom stereocenters. The van der Waals surface area contributed by atoms with Crippen LogP contribution in [0.3, 0.4) is 0 Å². The number of hydrogen-bond acceptors (Lipinski definition) is 4. The van der Waals surface area contributed by atoms with E-state index >= 15 is 0 Å². The molecule has 4 aliphatic rings. The average molecular weight is 522 g/mol. The van der Waals surface area contributed by atoms with Crippen LogP contribution in [0.2, 0.25) is 0 Å². The van der Waals surface area contributed by atoms with E-state index in [1.54, 1.807) is 24.3 Å². The lowest BCUT2D eigenvalue weighted by Gasteiger charge is -2.45. The lowest BCUT2D eigenvalue weighted by molar-refractivity contribution is -0.134. The van der Waals surface area contributed by atoms with Gasteiger partial charge in [0.05, 0.1) is 17.5 Å². The van der Waals surface area contributed by atoms with Crippen molar-refractivity contribution >= 4 is 23.5 Å². The number of imide groups is 1. The highest BCUT2D eigenvalue weighted by molar-refractivity contribution is 6.23. The van der Waals surface area contributed by atoms with Gasteiger partial charge in [0, 0.05) is 24.3 Å². The van der Waals surface area contributed by atoms with Crippen molar-refractivity contribution in [3.63, 3.8) is 0 Å². The minimum absolute atomic E-state index is 0.142. The first-order valence-electron chi connectivity index (χ1n) is 14.5. The summed E-state index contributed by atoms with van der Waals surface area (Å²) >= 11 is 0. The Morgan fingerprint density at radius 2 is 1.21 bits per heavy atom. The molecular weight excluding hydrogens is 486 g/mol. The molecule has 3 aliphatic carbocycles. The number of amides is 2. The maximum Gasteiger partial charge on any atom is 0.311 e. The summed E-state index contributed by atoms with van der Waals surface area (Å²) in [6.45, 7) is 2.20. The van der Waals surface area contributed by atoms with Gasteiger partial charge in [-0.3, -0.25) is 14.4 Å². The van der Waals surface area contributed by atoms with Gasteiger partial charge >= 0.3 is 5.97 Å².